The molecular weight excluding hydrogens is 320 g/mol. The Balaban J connectivity index is 2.25. The zero-order valence-corrected chi connectivity index (χ0v) is 11.8. The third-order valence-electron chi connectivity index (χ3n) is 2.37. The summed E-state index contributed by atoms with van der Waals surface area (Å²) in [5.41, 5.74) is 4.74. The number of rotatable bonds is 4. The van der Waals surface area contributed by atoms with Crippen molar-refractivity contribution in [3.05, 3.63) is 50.0 Å². The number of hydrogen-bond acceptors (Lipinski definition) is 6. The number of primary amides is 1. The molecule has 2 amide bonds. The number of carbonyl (C=O) groups excluding carboxylic acids is 2. The Morgan fingerprint density at radius 2 is 2.14 bits per heavy atom. The minimum absolute atomic E-state index is 0.0600. The van der Waals surface area contributed by atoms with Crippen LogP contribution in [0.1, 0.15) is 20.0 Å². The Bertz CT molecular complexity index is 746. The van der Waals surface area contributed by atoms with Gasteiger partial charge >= 0.3 is 0 Å². The molecule has 1 aromatic carbocycles. The van der Waals surface area contributed by atoms with Gasteiger partial charge in [-0.2, -0.15) is 0 Å². The first kappa shape index (κ1) is 14.9. The van der Waals surface area contributed by atoms with Crippen molar-refractivity contribution in [2.45, 2.75) is 0 Å². The molecule has 0 bridgehead atoms. The van der Waals surface area contributed by atoms with Crippen LogP contribution < -0.4 is 11.1 Å². The van der Waals surface area contributed by atoms with E-state index >= 15 is 0 Å². The van der Waals surface area contributed by atoms with Gasteiger partial charge in [0.25, 0.3) is 17.5 Å². The van der Waals surface area contributed by atoms with E-state index in [4.69, 9.17) is 17.3 Å². The normalized spacial score (nSPS) is 10.1. The molecule has 2 aromatic rings. The van der Waals surface area contributed by atoms with E-state index in [1.807, 2.05) is 0 Å². The molecule has 0 saturated carbocycles. The molecule has 1 aromatic heterocycles. The molecule has 0 aliphatic heterocycles. The number of thiazole rings is 1. The van der Waals surface area contributed by atoms with Gasteiger partial charge in [-0.15, -0.1) is 0 Å². The van der Waals surface area contributed by atoms with Crippen LogP contribution in [-0.2, 0) is 0 Å². The lowest BCUT2D eigenvalue weighted by Gasteiger charge is -2.03. The van der Waals surface area contributed by atoms with Gasteiger partial charge in [0.05, 0.1) is 21.7 Å². The molecule has 21 heavy (non-hydrogen) atoms. The number of anilines is 1. The van der Waals surface area contributed by atoms with Crippen molar-refractivity contribution >= 4 is 45.6 Å². The van der Waals surface area contributed by atoms with Gasteiger partial charge in [-0.25, -0.2) is 4.98 Å². The highest BCUT2D eigenvalue weighted by Gasteiger charge is 2.17. The number of amides is 2. The van der Waals surface area contributed by atoms with Gasteiger partial charge in [0.15, 0.2) is 5.13 Å². The van der Waals surface area contributed by atoms with Gasteiger partial charge in [-0.3, -0.25) is 25.0 Å². The number of non-ortho nitro benzene ring substituents is 1. The maximum Gasteiger partial charge on any atom is 0.270 e. The third-order valence-corrected chi connectivity index (χ3v) is 3.63. The number of nitrogens with zero attached hydrogens (tertiary/aromatic N) is 2. The van der Waals surface area contributed by atoms with Crippen LogP contribution in [0.15, 0.2) is 24.4 Å². The lowest BCUT2D eigenvalue weighted by molar-refractivity contribution is -0.384. The van der Waals surface area contributed by atoms with E-state index in [0.29, 0.717) is 0 Å². The van der Waals surface area contributed by atoms with Gasteiger partial charge in [0, 0.05) is 12.1 Å². The summed E-state index contributed by atoms with van der Waals surface area (Å²) in [5, 5.41) is 13.3. The molecule has 0 saturated heterocycles. The number of halogens is 1. The van der Waals surface area contributed by atoms with Crippen molar-refractivity contribution < 1.29 is 14.5 Å². The highest BCUT2D eigenvalue weighted by atomic mass is 35.5. The molecule has 1 heterocycles. The maximum atomic E-state index is 12.0. The van der Waals surface area contributed by atoms with Crippen LogP contribution in [0.2, 0.25) is 5.02 Å². The molecule has 0 radical (unpaired) electrons. The first-order valence-electron chi connectivity index (χ1n) is 5.39. The molecule has 10 heteroatoms. The first-order valence-corrected chi connectivity index (χ1v) is 6.59. The minimum atomic E-state index is -0.672. The molecule has 0 aliphatic rings. The van der Waals surface area contributed by atoms with Gasteiger partial charge in [-0.05, 0) is 6.07 Å². The summed E-state index contributed by atoms with van der Waals surface area (Å²) in [4.78, 5) is 37.0. The Hall–Kier alpha value is -2.52. The second-order valence-corrected chi connectivity index (χ2v) is 5.21. The zero-order chi connectivity index (χ0) is 15.6. The highest BCUT2D eigenvalue weighted by Crippen LogP contribution is 2.24. The largest absolute Gasteiger partial charge is 0.365 e. The SMILES string of the molecule is NC(=O)c1cnc(NC(=O)c2cc([N+](=O)[O-])ccc2Cl)s1. The smallest absolute Gasteiger partial charge is 0.270 e. The van der Waals surface area contributed by atoms with Crippen LogP contribution in [-0.4, -0.2) is 21.7 Å². The van der Waals surface area contributed by atoms with Crippen LogP contribution in [0.25, 0.3) is 0 Å². The molecule has 0 aliphatic carbocycles. The third kappa shape index (κ3) is 3.33. The predicted molar refractivity (Wildman–Crippen MR) is 76.7 cm³/mol. The number of hydrogen-bond donors (Lipinski definition) is 2. The number of nitro benzene ring substituents is 1. The Labute approximate surface area is 126 Å². The van der Waals surface area contributed by atoms with Crippen molar-refractivity contribution in [2.24, 2.45) is 5.73 Å². The summed E-state index contributed by atoms with van der Waals surface area (Å²) in [6.07, 6.45) is 1.22. The van der Waals surface area contributed by atoms with Crippen molar-refractivity contribution in [3.8, 4) is 0 Å². The van der Waals surface area contributed by atoms with Crippen LogP contribution in [0.4, 0.5) is 10.8 Å². The second-order valence-electron chi connectivity index (χ2n) is 3.77. The fraction of sp³-hybridized carbons (Fsp3) is 0. The Kier molecular flexibility index (Phi) is 4.15. The standard InChI is InChI=1S/C11H7ClN4O4S/c12-7-2-1-5(16(19)20)3-6(7)10(18)15-11-14-4-8(21-11)9(13)17/h1-4H,(H2,13,17)(H,14,15,18). The molecule has 108 valence electrons. The van der Waals surface area contributed by atoms with Crippen LogP contribution in [0.3, 0.4) is 0 Å². The van der Waals surface area contributed by atoms with Crippen molar-refractivity contribution in [3.63, 3.8) is 0 Å². The van der Waals surface area contributed by atoms with E-state index in [1.165, 1.54) is 18.3 Å². The summed E-state index contributed by atoms with van der Waals surface area (Å²) in [5.74, 6) is -1.34. The lowest BCUT2D eigenvalue weighted by Crippen LogP contribution is -2.12. The summed E-state index contributed by atoms with van der Waals surface area (Å²) in [7, 11) is 0. The number of nitro groups is 1. The lowest BCUT2D eigenvalue weighted by atomic mass is 10.2. The maximum absolute atomic E-state index is 12.0. The molecule has 8 nitrogen and oxygen atoms in total. The topological polar surface area (TPSA) is 128 Å². The van der Waals surface area contributed by atoms with Gasteiger partial charge in [0.1, 0.15) is 4.88 Å². The van der Waals surface area contributed by atoms with Crippen molar-refractivity contribution in [2.75, 3.05) is 5.32 Å². The van der Waals surface area contributed by atoms with Crippen LogP contribution >= 0.6 is 22.9 Å². The second kappa shape index (κ2) is 5.85. The van der Waals surface area contributed by atoms with Crippen LogP contribution in [0, 0.1) is 10.1 Å². The Morgan fingerprint density at radius 3 is 2.71 bits per heavy atom. The van der Waals surface area contributed by atoms with Gasteiger partial charge in [0.2, 0.25) is 0 Å². The highest BCUT2D eigenvalue weighted by molar-refractivity contribution is 7.17. The summed E-state index contributed by atoms with van der Waals surface area (Å²) >= 11 is 6.73. The molecule has 0 unspecified atom stereocenters. The fourth-order valence-electron chi connectivity index (χ4n) is 1.41. The zero-order valence-electron chi connectivity index (χ0n) is 10.2. The number of aromatic nitrogens is 1. The molecular formula is C11H7ClN4O4S. The number of nitrogens with two attached hydrogens (primary N) is 1. The van der Waals surface area contributed by atoms with Gasteiger partial charge < -0.3 is 5.73 Å². The van der Waals surface area contributed by atoms with E-state index in [0.717, 1.165) is 17.4 Å². The van der Waals surface area contributed by atoms with Crippen molar-refractivity contribution in [1.29, 1.82) is 0 Å². The quantitative estimate of drug-likeness (QED) is 0.656. The molecule has 0 atom stereocenters. The predicted octanol–water partition coefficient (Wildman–Crippen LogP) is 2.06. The van der Waals surface area contributed by atoms with E-state index in [9.17, 15) is 19.7 Å². The van der Waals surface area contributed by atoms with E-state index in [-0.39, 0.29) is 26.3 Å². The first-order chi connectivity index (χ1) is 9.88. The molecule has 0 spiro atoms. The number of carbonyl (C=O) groups is 2. The summed E-state index contributed by atoms with van der Waals surface area (Å²) in [6.45, 7) is 0. The molecule has 0 fully saturated rings. The fourth-order valence-corrected chi connectivity index (χ4v) is 2.28. The average molecular weight is 327 g/mol. The molecule has 3 N–H and O–H groups in total. The summed E-state index contributed by atoms with van der Waals surface area (Å²) < 4.78 is 0. The minimum Gasteiger partial charge on any atom is -0.365 e. The molecule has 2 rings (SSSR count). The Morgan fingerprint density at radius 1 is 1.43 bits per heavy atom. The number of benzene rings is 1. The van der Waals surface area contributed by atoms with E-state index < -0.39 is 16.7 Å². The average Bonchev–Trinajstić information content (AvgIpc) is 2.87. The van der Waals surface area contributed by atoms with Crippen molar-refractivity contribution in [1.82, 2.24) is 4.98 Å². The van der Waals surface area contributed by atoms with Gasteiger partial charge in [-0.1, -0.05) is 22.9 Å². The monoisotopic (exact) mass is 326 g/mol. The van der Waals surface area contributed by atoms with E-state index in [1.54, 1.807) is 0 Å². The van der Waals surface area contributed by atoms with E-state index in [2.05, 4.69) is 10.3 Å². The number of nitrogens with one attached hydrogen (secondary N) is 1. The summed E-state index contributed by atoms with van der Waals surface area (Å²) in [6, 6.07) is 3.50. The van der Waals surface area contributed by atoms with Crippen LogP contribution in [0.5, 0.6) is 0 Å².